The van der Waals surface area contributed by atoms with E-state index >= 15 is 0 Å². The van der Waals surface area contributed by atoms with Crippen LogP contribution in [0, 0.1) is 0 Å². The quantitative estimate of drug-likeness (QED) is 0.792. The first-order valence-corrected chi connectivity index (χ1v) is 9.77. The van der Waals surface area contributed by atoms with Gasteiger partial charge >= 0.3 is 0 Å². The van der Waals surface area contributed by atoms with Gasteiger partial charge in [-0.2, -0.15) is 12.7 Å². The van der Waals surface area contributed by atoms with E-state index in [2.05, 4.69) is 0 Å². The fourth-order valence-electron chi connectivity index (χ4n) is 2.71. The summed E-state index contributed by atoms with van der Waals surface area (Å²) in [5, 5.41) is -1.39. The number of rotatable bonds is 4. The van der Waals surface area contributed by atoms with Gasteiger partial charge in [-0.15, -0.1) is 0 Å². The summed E-state index contributed by atoms with van der Waals surface area (Å²) in [5.74, 6) is 0. The Morgan fingerprint density at radius 3 is 1.85 bits per heavy atom. The van der Waals surface area contributed by atoms with E-state index in [0.717, 1.165) is 19.3 Å². The molecule has 0 aromatic heterocycles. The zero-order valence-corrected chi connectivity index (χ0v) is 14.3. The lowest BCUT2D eigenvalue weighted by molar-refractivity contribution is 0.198. The van der Waals surface area contributed by atoms with Crippen molar-refractivity contribution in [1.82, 2.24) is 4.31 Å². The van der Waals surface area contributed by atoms with E-state index in [0.29, 0.717) is 0 Å². The third kappa shape index (κ3) is 3.03. The van der Waals surface area contributed by atoms with Gasteiger partial charge in [-0.25, -0.2) is 8.42 Å². The average molecular weight is 327 g/mol. The Hall–Kier alpha value is -0.180. The smallest absolute Gasteiger partial charge is 0.269 e. The van der Waals surface area contributed by atoms with E-state index in [1.807, 2.05) is 13.8 Å². The maximum atomic E-state index is 12.9. The molecule has 120 valence electrons. The van der Waals surface area contributed by atoms with Crippen molar-refractivity contribution in [2.45, 2.75) is 76.0 Å². The highest BCUT2D eigenvalue weighted by Crippen LogP contribution is 2.35. The zero-order valence-electron chi connectivity index (χ0n) is 12.7. The molecule has 0 aromatic carbocycles. The summed E-state index contributed by atoms with van der Waals surface area (Å²) in [6.45, 7) is 7.61. The molecule has 0 bridgehead atoms. The van der Waals surface area contributed by atoms with E-state index in [1.54, 1.807) is 0 Å². The first kappa shape index (κ1) is 17.9. The van der Waals surface area contributed by atoms with Gasteiger partial charge in [-0.05, 0) is 47.5 Å². The third-order valence-corrected chi connectivity index (χ3v) is 9.07. The van der Waals surface area contributed by atoms with Gasteiger partial charge < -0.3 is 0 Å². The first-order chi connectivity index (χ1) is 8.83. The lowest BCUT2D eigenvalue weighted by Gasteiger charge is -2.43. The van der Waals surface area contributed by atoms with Crippen LogP contribution in [0.25, 0.3) is 0 Å². The predicted octanol–water partition coefficient (Wildman–Crippen LogP) is 1.63. The van der Waals surface area contributed by atoms with Crippen molar-refractivity contribution in [3.63, 3.8) is 0 Å². The molecule has 3 unspecified atom stereocenters. The van der Waals surface area contributed by atoms with Crippen molar-refractivity contribution in [3.8, 4) is 0 Å². The maximum Gasteiger partial charge on any atom is 0.269 e. The Balaban J connectivity index is 3.27. The molecular weight excluding hydrogens is 302 g/mol. The first-order valence-electron chi connectivity index (χ1n) is 6.83. The van der Waals surface area contributed by atoms with E-state index in [1.165, 1.54) is 25.1 Å². The molecule has 1 aliphatic rings. The standard InChI is InChI=1S/C12H25NO5S2/c1-9-7-6-8-10(2)13(9)20(17,18)12(4,5)11(3)19(14,15)16/h9-11H,6-8H2,1-5H3,(H,14,15,16). The highest BCUT2D eigenvalue weighted by atomic mass is 32.2. The summed E-state index contributed by atoms with van der Waals surface area (Å²) in [4.78, 5) is 0. The number of hydrogen-bond acceptors (Lipinski definition) is 4. The molecule has 0 spiro atoms. The Kier molecular flexibility index (Phi) is 4.96. The van der Waals surface area contributed by atoms with Gasteiger partial charge in [-0.1, -0.05) is 6.42 Å². The minimum atomic E-state index is -4.42. The van der Waals surface area contributed by atoms with Crippen molar-refractivity contribution < 1.29 is 21.4 Å². The van der Waals surface area contributed by atoms with Crippen molar-refractivity contribution in [2.75, 3.05) is 0 Å². The SMILES string of the molecule is CC1CCCC(C)N1S(=O)(=O)C(C)(C)C(C)S(=O)(=O)O. The van der Waals surface area contributed by atoms with Crippen LogP contribution in [-0.4, -0.2) is 47.8 Å². The second kappa shape index (κ2) is 5.55. The minimum absolute atomic E-state index is 0.156. The van der Waals surface area contributed by atoms with Crippen LogP contribution < -0.4 is 0 Å². The Morgan fingerprint density at radius 2 is 1.50 bits per heavy atom. The fourth-order valence-corrected chi connectivity index (χ4v) is 6.28. The van der Waals surface area contributed by atoms with Crippen LogP contribution in [0.1, 0.15) is 53.9 Å². The minimum Gasteiger partial charge on any atom is -0.285 e. The molecule has 0 aliphatic carbocycles. The highest BCUT2D eigenvalue weighted by Gasteiger charge is 2.51. The largest absolute Gasteiger partial charge is 0.285 e. The molecule has 0 saturated carbocycles. The van der Waals surface area contributed by atoms with Crippen LogP contribution in [0.4, 0.5) is 0 Å². The summed E-state index contributed by atoms with van der Waals surface area (Å²) >= 11 is 0. The van der Waals surface area contributed by atoms with Crippen LogP contribution in [-0.2, 0) is 20.1 Å². The van der Waals surface area contributed by atoms with E-state index < -0.39 is 30.1 Å². The van der Waals surface area contributed by atoms with Gasteiger partial charge in [0.2, 0.25) is 10.0 Å². The van der Waals surface area contributed by atoms with Gasteiger partial charge in [0.25, 0.3) is 10.1 Å². The number of sulfonamides is 1. The van der Waals surface area contributed by atoms with Gasteiger partial charge in [0.1, 0.15) is 5.25 Å². The van der Waals surface area contributed by atoms with Crippen LogP contribution in [0.2, 0.25) is 0 Å². The van der Waals surface area contributed by atoms with Gasteiger partial charge in [0.05, 0.1) is 4.75 Å². The summed E-state index contributed by atoms with van der Waals surface area (Å²) in [7, 11) is -8.27. The average Bonchev–Trinajstić information content (AvgIpc) is 2.25. The molecule has 1 rings (SSSR count). The van der Waals surface area contributed by atoms with Crippen LogP contribution in [0.15, 0.2) is 0 Å². The summed E-state index contributed by atoms with van der Waals surface area (Å²) < 4.78 is 57.5. The van der Waals surface area contributed by atoms with Crippen molar-refractivity contribution in [3.05, 3.63) is 0 Å². The maximum absolute atomic E-state index is 12.9. The molecule has 0 aromatic rings. The lowest BCUT2D eigenvalue weighted by Crippen LogP contribution is -2.58. The molecule has 1 N–H and O–H groups in total. The molecular formula is C12H25NO5S2. The summed E-state index contributed by atoms with van der Waals surface area (Å²) in [6.07, 6.45) is 2.49. The Bertz CT molecular complexity index is 542. The second-order valence-corrected chi connectivity index (χ2v) is 10.4. The molecule has 6 nitrogen and oxygen atoms in total. The molecule has 3 atom stereocenters. The molecule has 1 fully saturated rings. The monoisotopic (exact) mass is 327 g/mol. The third-order valence-electron chi connectivity index (χ3n) is 4.48. The molecule has 1 saturated heterocycles. The number of hydrogen-bond donors (Lipinski definition) is 1. The molecule has 1 aliphatic heterocycles. The molecule has 0 radical (unpaired) electrons. The van der Waals surface area contributed by atoms with Crippen LogP contribution >= 0.6 is 0 Å². The number of piperidine rings is 1. The lowest BCUT2D eigenvalue weighted by atomic mass is 10.0. The zero-order chi connectivity index (χ0) is 15.9. The number of nitrogens with zero attached hydrogens (tertiary/aromatic N) is 1. The fraction of sp³-hybridized carbons (Fsp3) is 1.00. The van der Waals surface area contributed by atoms with Gasteiger partial charge in [0.15, 0.2) is 0 Å². The van der Waals surface area contributed by atoms with Crippen LogP contribution in [0.5, 0.6) is 0 Å². The van der Waals surface area contributed by atoms with E-state index in [9.17, 15) is 21.4 Å². The molecule has 20 heavy (non-hydrogen) atoms. The highest BCUT2D eigenvalue weighted by molar-refractivity contribution is 7.93. The Morgan fingerprint density at radius 1 is 1.10 bits per heavy atom. The van der Waals surface area contributed by atoms with E-state index in [4.69, 9.17) is 0 Å². The van der Waals surface area contributed by atoms with Gasteiger partial charge in [-0.3, -0.25) is 4.55 Å². The Labute approximate surface area is 122 Å². The predicted molar refractivity (Wildman–Crippen MR) is 78.6 cm³/mol. The van der Waals surface area contributed by atoms with Crippen molar-refractivity contribution >= 4 is 20.1 Å². The summed E-state index contributed by atoms with van der Waals surface area (Å²) in [6, 6.07) is -0.312. The molecule has 0 amide bonds. The molecule has 1 heterocycles. The van der Waals surface area contributed by atoms with Gasteiger partial charge in [0, 0.05) is 12.1 Å². The molecule has 8 heteroatoms. The summed E-state index contributed by atoms with van der Waals surface area (Å²) in [5.41, 5.74) is 0. The topological polar surface area (TPSA) is 91.8 Å². The van der Waals surface area contributed by atoms with E-state index in [-0.39, 0.29) is 12.1 Å². The van der Waals surface area contributed by atoms with Crippen molar-refractivity contribution in [2.24, 2.45) is 0 Å². The van der Waals surface area contributed by atoms with Crippen molar-refractivity contribution in [1.29, 1.82) is 0 Å². The normalized spacial score (nSPS) is 28.3. The second-order valence-electron chi connectivity index (χ2n) is 6.22. The van der Waals surface area contributed by atoms with Crippen LogP contribution in [0.3, 0.4) is 0 Å².